The predicted molar refractivity (Wildman–Crippen MR) is 166 cm³/mol. The van der Waals surface area contributed by atoms with Crippen molar-refractivity contribution in [3.8, 4) is 11.5 Å². The SMILES string of the molecule is CC.CC.CCOC(=O)Cc1ccccc1OCc1cc(C)c2oc(COc3ccccc3CC(=O)OCC)cc2c1. The fourth-order valence-electron chi connectivity index (χ4n) is 4.24. The molecule has 0 aliphatic carbocycles. The Kier molecular flexibility index (Phi) is 14.7. The first-order chi connectivity index (χ1) is 20.5. The van der Waals surface area contributed by atoms with Gasteiger partial charge in [0, 0.05) is 16.5 Å². The van der Waals surface area contributed by atoms with E-state index in [-0.39, 0.29) is 31.4 Å². The lowest BCUT2D eigenvalue weighted by Crippen LogP contribution is -2.09. The minimum absolute atomic E-state index is 0.148. The third-order valence-electron chi connectivity index (χ3n) is 5.90. The summed E-state index contributed by atoms with van der Waals surface area (Å²) < 4.78 is 28.3. The lowest BCUT2D eigenvalue weighted by Gasteiger charge is -2.12. The molecule has 0 spiro atoms. The van der Waals surface area contributed by atoms with E-state index in [2.05, 4.69) is 0 Å². The average molecular weight is 577 g/mol. The summed E-state index contributed by atoms with van der Waals surface area (Å²) in [6.07, 6.45) is 0.311. The van der Waals surface area contributed by atoms with Gasteiger partial charge in [-0.2, -0.15) is 0 Å². The second kappa shape index (κ2) is 18.2. The van der Waals surface area contributed by atoms with E-state index in [0.717, 1.165) is 33.2 Å². The van der Waals surface area contributed by atoms with E-state index in [1.165, 1.54) is 0 Å². The van der Waals surface area contributed by atoms with Crippen LogP contribution in [0, 0.1) is 6.92 Å². The molecule has 1 heterocycles. The van der Waals surface area contributed by atoms with E-state index in [0.29, 0.717) is 37.1 Å². The molecule has 0 atom stereocenters. The number of carbonyl (C=O) groups is 2. The number of ether oxygens (including phenoxy) is 4. The van der Waals surface area contributed by atoms with Crippen LogP contribution in [0.2, 0.25) is 0 Å². The maximum atomic E-state index is 11.9. The molecule has 4 rings (SSSR count). The van der Waals surface area contributed by atoms with E-state index in [9.17, 15) is 9.59 Å². The summed E-state index contributed by atoms with van der Waals surface area (Å²) in [6, 6.07) is 20.9. The summed E-state index contributed by atoms with van der Waals surface area (Å²) in [4.78, 5) is 23.9. The molecule has 0 aliphatic rings. The first-order valence-electron chi connectivity index (χ1n) is 14.7. The van der Waals surface area contributed by atoms with Crippen molar-refractivity contribution < 1.29 is 33.0 Å². The molecule has 0 bridgehead atoms. The predicted octanol–water partition coefficient (Wildman–Crippen LogP) is 8.16. The van der Waals surface area contributed by atoms with Crippen LogP contribution >= 0.6 is 0 Å². The van der Waals surface area contributed by atoms with Gasteiger partial charge in [-0.25, -0.2) is 0 Å². The Morgan fingerprint density at radius 3 is 1.71 bits per heavy atom. The van der Waals surface area contributed by atoms with Crippen LogP contribution in [0.1, 0.15) is 69.6 Å². The van der Waals surface area contributed by atoms with Crippen molar-refractivity contribution in [1.82, 2.24) is 0 Å². The minimum Gasteiger partial charge on any atom is -0.489 e. The second-order valence-electron chi connectivity index (χ2n) is 8.80. The number of para-hydroxylation sites is 2. The molecule has 0 fully saturated rings. The Labute approximate surface area is 249 Å². The van der Waals surface area contributed by atoms with Gasteiger partial charge >= 0.3 is 11.9 Å². The van der Waals surface area contributed by atoms with Gasteiger partial charge in [0.1, 0.15) is 36.1 Å². The van der Waals surface area contributed by atoms with Crippen molar-refractivity contribution in [2.24, 2.45) is 0 Å². The van der Waals surface area contributed by atoms with E-state index in [1.54, 1.807) is 13.8 Å². The van der Waals surface area contributed by atoms with Gasteiger partial charge in [0.25, 0.3) is 0 Å². The maximum Gasteiger partial charge on any atom is 0.310 e. The van der Waals surface area contributed by atoms with Crippen molar-refractivity contribution in [1.29, 1.82) is 0 Å². The first-order valence-corrected chi connectivity index (χ1v) is 14.7. The molecule has 0 amide bonds. The number of hydrogen-bond acceptors (Lipinski definition) is 7. The Hall–Kier alpha value is -4.26. The highest BCUT2D eigenvalue weighted by Gasteiger charge is 2.14. The zero-order chi connectivity index (χ0) is 30.9. The van der Waals surface area contributed by atoms with Crippen molar-refractivity contribution in [3.05, 3.63) is 94.7 Å². The van der Waals surface area contributed by atoms with Gasteiger partial charge < -0.3 is 23.4 Å². The van der Waals surface area contributed by atoms with Gasteiger partial charge in [0.15, 0.2) is 0 Å². The summed E-state index contributed by atoms with van der Waals surface area (Å²) in [6.45, 7) is 14.8. The number of carbonyl (C=O) groups excluding carboxylic acids is 2. The quantitative estimate of drug-likeness (QED) is 0.157. The largest absolute Gasteiger partial charge is 0.489 e. The number of aryl methyl sites for hydroxylation is 1. The van der Waals surface area contributed by atoms with Gasteiger partial charge in [0.2, 0.25) is 0 Å². The Balaban J connectivity index is 0.00000148. The van der Waals surface area contributed by atoms with E-state index < -0.39 is 0 Å². The lowest BCUT2D eigenvalue weighted by atomic mass is 10.1. The zero-order valence-corrected chi connectivity index (χ0v) is 26.0. The van der Waals surface area contributed by atoms with E-state index in [4.69, 9.17) is 23.4 Å². The molecule has 4 aromatic rings. The van der Waals surface area contributed by atoms with Crippen molar-refractivity contribution >= 4 is 22.9 Å². The van der Waals surface area contributed by atoms with Crippen LogP contribution in [0.5, 0.6) is 11.5 Å². The Morgan fingerprint density at radius 2 is 1.19 bits per heavy atom. The Bertz CT molecular complexity index is 1400. The summed E-state index contributed by atoms with van der Waals surface area (Å²) in [7, 11) is 0. The number of hydrogen-bond donors (Lipinski definition) is 0. The van der Waals surface area contributed by atoms with Crippen LogP contribution in [0.4, 0.5) is 0 Å². The fourth-order valence-corrected chi connectivity index (χ4v) is 4.24. The molecule has 0 N–H and O–H groups in total. The van der Waals surface area contributed by atoms with E-state index in [1.807, 2.05) is 101 Å². The number of furan rings is 1. The van der Waals surface area contributed by atoms with Crippen molar-refractivity contribution in [2.45, 2.75) is 74.5 Å². The molecule has 3 aromatic carbocycles. The standard InChI is InChI=1S/C31H32O7.2C2H6/c1-4-34-29(32)17-23-10-6-8-12-27(23)36-19-22-14-21(3)31-25(15-22)16-26(38-31)20-37-28-13-9-7-11-24(28)18-30(33)35-5-2;2*1-2/h6-16H,4-5,17-20H2,1-3H3;2*1-2H3. The van der Waals surface area contributed by atoms with Crippen molar-refractivity contribution in [2.75, 3.05) is 13.2 Å². The molecule has 0 saturated heterocycles. The molecular weight excluding hydrogens is 532 g/mol. The lowest BCUT2D eigenvalue weighted by molar-refractivity contribution is -0.143. The van der Waals surface area contributed by atoms with Gasteiger partial charge in [-0.3, -0.25) is 9.59 Å². The molecule has 1 aromatic heterocycles. The van der Waals surface area contributed by atoms with E-state index >= 15 is 0 Å². The number of benzene rings is 3. The number of rotatable bonds is 12. The first kappa shape index (κ1) is 33.9. The normalized spacial score (nSPS) is 10.1. The van der Waals surface area contributed by atoms with Crippen LogP contribution in [0.3, 0.4) is 0 Å². The third kappa shape index (κ3) is 9.98. The van der Waals surface area contributed by atoms with Crippen LogP contribution in [0.15, 0.2) is 71.1 Å². The third-order valence-corrected chi connectivity index (χ3v) is 5.90. The molecule has 7 nitrogen and oxygen atoms in total. The topological polar surface area (TPSA) is 84.2 Å². The highest BCUT2D eigenvalue weighted by Crippen LogP contribution is 2.28. The molecule has 0 unspecified atom stereocenters. The smallest absolute Gasteiger partial charge is 0.310 e. The highest BCUT2D eigenvalue weighted by atomic mass is 16.5. The van der Waals surface area contributed by atoms with Crippen molar-refractivity contribution in [3.63, 3.8) is 0 Å². The van der Waals surface area contributed by atoms with Gasteiger partial charge in [-0.05, 0) is 62.2 Å². The molecule has 0 radical (unpaired) electrons. The van der Waals surface area contributed by atoms with Crippen LogP contribution in [-0.4, -0.2) is 25.2 Å². The average Bonchev–Trinajstić information content (AvgIpc) is 3.42. The Morgan fingerprint density at radius 1 is 0.690 bits per heavy atom. The zero-order valence-electron chi connectivity index (χ0n) is 26.0. The van der Waals surface area contributed by atoms with Crippen LogP contribution in [-0.2, 0) is 45.1 Å². The van der Waals surface area contributed by atoms with Crippen LogP contribution < -0.4 is 9.47 Å². The minimum atomic E-state index is -0.291. The summed E-state index contributed by atoms with van der Waals surface area (Å²) in [5, 5.41) is 0.946. The number of esters is 2. The monoisotopic (exact) mass is 576 g/mol. The van der Waals surface area contributed by atoms with Gasteiger partial charge in [-0.15, -0.1) is 0 Å². The maximum absolute atomic E-state index is 11.9. The second-order valence-corrected chi connectivity index (χ2v) is 8.80. The molecule has 0 aliphatic heterocycles. The van der Waals surface area contributed by atoms with Crippen LogP contribution in [0.25, 0.3) is 11.0 Å². The van der Waals surface area contributed by atoms with Gasteiger partial charge in [0.05, 0.1) is 26.1 Å². The summed E-state index contributed by atoms with van der Waals surface area (Å²) in [5.74, 6) is 1.37. The van der Waals surface area contributed by atoms with Gasteiger partial charge in [-0.1, -0.05) is 64.1 Å². The number of fused-ring (bicyclic) bond motifs is 1. The molecule has 0 saturated carbocycles. The highest BCUT2D eigenvalue weighted by molar-refractivity contribution is 5.82. The summed E-state index contributed by atoms with van der Waals surface area (Å²) in [5.41, 5.74) is 4.30. The molecular formula is C35H44O7. The summed E-state index contributed by atoms with van der Waals surface area (Å²) >= 11 is 0. The molecule has 226 valence electrons. The molecule has 7 heteroatoms. The molecule has 42 heavy (non-hydrogen) atoms. The fraction of sp³-hybridized carbons (Fsp3) is 0.371.